The normalized spacial score (nSPS) is 8.90. The molecule has 0 atom stereocenters. The number of hydrogen-bond donors (Lipinski definition) is 2. The molecule has 0 radical (unpaired) electrons. The molecular weight excluding hydrogens is 356 g/mol. The minimum atomic E-state index is -0.147. The van der Waals surface area contributed by atoms with E-state index in [1.54, 1.807) is 0 Å². The van der Waals surface area contributed by atoms with Crippen molar-refractivity contribution in [1.29, 1.82) is 0 Å². The van der Waals surface area contributed by atoms with E-state index in [4.69, 9.17) is 10.2 Å². The highest BCUT2D eigenvalue weighted by atomic mass is 16.3. The van der Waals surface area contributed by atoms with Gasteiger partial charge in [0.15, 0.2) is 0 Å². The molecule has 0 saturated heterocycles. The van der Waals surface area contributed by atoms with Crippen LogP contribution in [0.4, 0.5) is 0 Å². The van der Waals surface area contributed by atoms with Gasteiger partial charge in [-0.3, -0.25) is 0 Å². The Balaban J connectivity index is 1.75. The van der Waals surface area contributed by atoms with E-state index in [9.17, 15) is 0 Å². The molecule has 0 spiro atoms. The van der Waals surface area contributed by atoms with Gasteiger partial charge in [0.2, 0.25) is 0 Å². The monoisotopic (exact) mass is 380 g/mol. The summed E-state index contributed by atoms with van der Waals surface area (Å²) in [7, 11) is 0. The van der Waals surface area contributed by atoms with Crippen molar-refractivity contribution in [2.24, 2.45) is 0 Å². The zero-order valence-corrected chi connectivity index (χ0v) is 16.5. The highest BCUT2D eigenvalue weighted by molar-refractivity contribution is 5.50. The Hall–Kier alpha value is -3.40. The van der Waals surface area contributed by atoms with Crippen molar-refractivity contribution in [1.82, 2.24) is 0 Å². The number of aliphatic hydroxyl groups excluding tert-OH is 2. The van der Waals surface area contributed by atoms with Crippen LogP contribution in [0.2, 0.25) is 0 Å². The topological polar surface area (TPSA) is 40.5 Å². The molecule has 0 heterocycles. The van der Waals surface area contributed by atoms with E-state index in [1.165, 1.54) is 0 Å². The molecule has 0 aromatic heterocycles. The Morgan fingerprint density at radius 2 is 0.828 bits per heavy atom. The molecule has 0 unspecified atom stereocenters. The molecule has 2 heteroatoms. The molecule has 0 saturated carbocycles. The quantitative estimate of drug-likeness (QED) is 0.627. The third kappa shape index (κ3) is 8.43. The summed E-state index contributed by atoms with van der Waals surface area (Å²) in [4.78, 5) is 0. The van der Waals surface area contributed by atoms with Crippen LogP contribution in [0.25, 0.3) is 0 Å². The van der Waals surface area contributed by atoms with Crippen LogP contribution in [0.1, 0.15) is 54.4 Å². The zero-order chi connectivity index (χ0) is 20.6. The molecule has 2 rings (SSSR count). The summed E-state index contributed by atoms with van der Waals surface area (Å²) in [5, 5.41) is 17.7. The van der Waals surface area contributed by atoms with Gasteiger partial charge in [-0.2, -0.15) is 0 Å². The molecule has 0 aliphatic carbocycles. The molecule has 0 aliphatic heterocycles. The maximum Gasteiger partial charge on any atom is 0.104 e. The number of rotatable bonds is 4. The number of benzene rings is 2. The first-order valence-electron chi connectivity index (χ1n) is 9.70. The molecule has 2 nitrogen and oxygen atoms in total. The van der Waals surface area contributed by atoms with E-state index in [2.05, 4.69) is 47.4 Å². The van der Waals surface area contributed by atoms with Gasteiger partial charge in [0.05, 0.1) is 0 Å². The predicted octanol–water partition coefficient (Wildman–Crippen LogP) is 3.73. The minimum absolute atomic E-state index is 0.147. The molecular formula is C27H24O2. The van der Waals surface area contributed by atoms with Gasteiger partial charge in [0.1, 0.15) is 13.2 Å². The second-order valence-electron chi connectivity index (χ2n) is 6.18. The smallest absolute Gasteiger partial charge is 0.104 e. The molecule has 29 heavy (non-hydrogen) atoms. The van der Waals surface area contributed by atoms with Crippen LogP contribution in [-0.4, -0.2) is 23.4 Å². The fourth-order valence-electron chi connectivity index (χ4n) is 2.59. The maximum atomic E-state index is 8.83. The van der Waals surface area contributed by atoms with Crippen LogP contribution in [-0.2, 0) is 0 Å². The summed E-state index contributed by atoms with van der Waals surface area (Å²) in [5.41, 5.74) is 3.52. The van der Waals surface area contributed by atoms with E-state index in [1.807, 2.05) is 48.5 Å². The molecule has 2 N–H and O–H groups in total. The summed E-state index contributed by atoms with van der Waals surface area (Å²) >= 11 is 0. The Morgan fingerprint density at radius 1 is 0.483 bits per heavy atom. The summed E-state index contributed by atoms with van der Waals surface area (Å²) in [5.74, 6) is 24.0. The highest BCUT2D eigenvalue weighted by Crippen LogP contribution is 2.08. The van der Waals surface area contributed by atoms with E-state index < -0.39 is 0 Å². The van der Waals surface area contributed by atoms with E-state index >= 15 is 0 Å². The van der Waals surface area contributed by atoms with Crippen LogP contribution in [0.15, 0.2) is 48.5 Å². The van der Waals surface area contributed by atoms with Crippen molar-refractivity contribution >= 4 is 0 Å². The van der Waals surface area contributed by atoms with Crippen molar-refractivity contribution in [3.05, 3.63) is 70.8 Å². The van der Waals surface area contributed by atoms with Crippen LogP contribution in [0.3, 0.4) is 0 Å². The second kappa shape index (κ2) is 13.7. The van der Waals surface area contributed by atoms with Gasteiger partial charge in [-0.05, 0) is 37.1 Å². The average Bonchev–Trinajstić information content (AvgIpc) is 2.76. The van der Waals surface area contributed by atoms with Crippen molar-refractivity contribution in [2.45, 2.75) is 32.1 Å². The van der Waals surface area contributed by atoms with Gasteiger partial charge in [-0.25, -0.2) is 0 Å². The summed E-state index contributed by atoms with van der Waals surface area (Å²) in [6.07, 6.45) is 4.85. The van der Waals surface area contributed by atoms with Gasteiger partial charge in [0, 0.05) is 35.1 Å². The van der Waals surface area contributed by atoms with Crippen molar-refractivity contribution in [3.8, 4) is 47.4 Å². The van der Waals surface area contributed by atoms with Crippen LogP contribution in [0, 0.1) is 47.4 Å². The molecule has 0 bridgehead atoms. The Morgan fingerprint density at radius 3 is 1.17 bits per heavy atom. The lowest BCUT2D eigenvalue weighted by molar-refractivity contribution is 0.350. The minimum Gasteiger partial charge on any atom is -0.384 e. The first kappa shape index (κ1) is 21.9. The standard InChI is InChI=1S/C27H24O2/c28-22-12-20-26-18-10-8-16-24(26)14-6-4-2-1-3-5-7-15-25-17-9-11-19-27(25)21-13-23-29/h8-11,16-19,28-29H,1-5,22-23H2. The largest absolute Gasteiger partial charge is 0.384 e. The van der Waals surface area contributed by atoms with Crippen LogP contribution >= 0.6 is 0 Å². The number of hydrogen-bond acceptors (Lipinski definition) is 2. The van der Waals surface area contributed by atoms with Crippen molar-refractivity contribution < 1.29 is 10.2 Å². The third-order valence-electron chi connectivity index (χ3n) is 4.01. The second-order valence-corrected chi connectivity index (χ2v) is 6.18. The average molecular weight is 380 g/mol. The van der Waals surface area contributed by atoms with E-state index in [0.29, 0.717) is 0 Å². The summed E-state index contributed by atoms with van der Waals surface area (Å²) in [6.45, 7) is -0.293. The zero-order valence-electron chi connectivity index (χ0n) is 16.5. The van der Waals surface area contributed by atoms with E-state index in [-0.39, 0.29) is 13.2 Å². The number of aliphatic hydroxyl groups is 2. The number of unbranched alkanes of at least 4 members (excludes halogenated alkanes) is 4. The van der Waals surface area contributed by atoms with Gasteiger partial charge in [-0.15, -0.1) is 0 Å². The molecule has 2 aromatic carbocycles. The molecule has 0 fully saturated rings. The molecule has 144 valence electrons. The van der Waals surface area contributed by atoms with Gasteiger partial charge < -0.3 is 10.2 Å². The van der Waals surface area contributed by atoms with Crippen molar-refractivity contribution in [3.63, 3.8) is 0 Å². The lowest BCUT2D eigenvalue weighted by Crippen LogP contribution is -1.84. The highest BCUT2D eigenvalue weighted by Gasteiger charge is 1.95. The van der Waals surface area contributed by atoms with Gasteiger partial charge in [-0.1, -0.05) is 78.0 Å². The predicted molar refractivity (Wildman–Crippen MR) is 118 cm³/mol. The fraction of sp³-hybridized carbons (Fsp3) is 0.259. The molecule has 2 aromatic rings. The SMILES string of the molecule is OCC#Cc1ccccc1C#CCCCCCC#Cc1ccccc1C#CCO. The van der Waals surface area contributed by atoms with Crippen molar-refractivity contribution in [2.75, 3.05) is 13.2 Å². The molecule has 0 aliphatic rings. The first-order chi connectivity index (χ1) is 14.3. The Kier molecular flexibility index (Phi) is 10.4. The molecule has 0 amide bonds. The summed E-state index contributed by atoms with van der Waals surface area (Å²) in [6, 6.07) is 15.5. The van der Waals surface area contributed by atoms with Gasteiger partial charge >= 0.3 is 0 Å². The summed E-state index contributed by atoms with van der Waals surface area (Å²) < 4.78 is 0. The Bertz CT molecular complexity index is 949. The first-order valence-corrected chi connectivity index (χ1v) is 9.70. The van der Waals surface area contributed by atoms with E-state index in [0.717, 1.165) is 54.4 Å². The Labute approximate surface area is 174 Å². The lowest BCUT2D eigenvalue weighted by Gasteiger charge is -1.96. The van der Waals surface area contributed by atoms with Crippen LogP contribution < -0.4 is 0 Å². The van der Waals surface area contributed by atoms with Gasteiger partial charge in [0.25, 0.3) is 0 Å². The fourth-order valence-corrected chi connectivity index (χ4v) is 2.59. The third-order valence-corrected chi connectivity index (χ3v) is 4.01. The van der Waals surface area contributed by atoms with Crippen LogP contribution in [0.5, 0.6) is 0 Å². The maximum absolute atomic E-state index is 8.83. The lowest BCUT2D eigenvalue weighted by atomic mass is 10.1.